The summed E-state index contributed by atoms with van der Waals surface area (Å²) in [4.78, 5) is 12.2. The van der Waals surface area contributed by atoms with Crippen molar-refractivity contribution < 1.29 is 4.79 Å². The molecule has 1 saturated heterocycles. The topological polar surface area (TPSA) is 29.1 Å². The lowest BCUT2D eigenvalue weighted by Crippen LogP contribution is -2.31. The Balaban J connectivity index is 2.03. The molecule has 1 N–H and O–H groups in total. The molecule has 3 heteroatoms. The minimum Gasteiger partial charge on any atom is -0.355 e. The summed E-state index contributed by atoms with van der Waals surface area (Å²) in [5, 5.41) is 3.07. The third-order valence-corrected chi connectivity index (χ3v) is 5.08. The molecule has 0 bridgehead atoms. The molecule has 1 atom stereocenters. The Bertz CT molecular complexity index is 451. The predicted molar refractivity (Wildman–Crippen MR) is 70.8 cm³/mol. The molecular weight excluding hydrogens is 278 g/mol. The molecular formula is C14H16BrNO. The van der Waals surface area contributed by atoms with Crippen LogP contribution in [-0.2, 0) is 4.79 Å². The molecule has 1 heterocycles. The fourth-order valence-electron chi connectivity index (χ4n) is 3.47. The van der Waals surface area contributed by atoms with Crippen LogP contribution in [0.5, 0.6) is 0 Å². The maximum Gasteiger partial charge on any atom is 0.226 e. The number of nitrogens with one attached hydrogen (secondary N) is 1. The van der Waals surface area contributed by atoms with Gasteiger partial charge in [0.15, 0.2) is 0 Å². The molecule has 0 radical (unpaired) electrons. The number of amides is 1. The summed E-state index contributed by atoms with van der Waals surface area (Å²) in [6.45, 7) is 0.793. The third-order valence-electron chi connectivity index (χ3n) is 4.36. The highest BCUT2D eigenvalue weighted by Crippen LogP contribution is 2.52. The molecule has 1 aliphatic carbocycles. The summed E-state index contributed by atoms with van der Waals surface area (Å²) in [6.07, 6.45) is 4.47. The summed E-state index contributed by atoms with van der Waals surface area (Å²) in [5.74, 6) is 0.615. The van der Waals surface area contributed by atoms with Crippen LogP contribution in [0.4, 0.5) is 0 Å². The van der Waals surface area contributed by atoms with Gasteiger partial charge in [0.25, 0.3) is 0 Å². The number of hydrogen-bond donors (Lipinski definition) is 1. The molecule has 1 spiro atoms. The van der Waals surface area contributed by atoms with Gasteiger partial charge in [-0.2, -0.15) is 0 Å². The molecule has 2 fully saturated rings. The number of carbonyl (C=O) groups is 1. The van der Waals surface area contributed by atoms with E-state index in [9.17, 15) is 4.79 Å². The third kappa shape index (κ3) is 1.63. The van der Waals surface area contributed by atoms with Crippen LogP contribution in [0.3, 0.4) is 0 Å². The van der Waals surface area contributed by atoms with Gasteiger partial charge in [0.05, 0.1) is 5.41 Å². The van der Waals surface area contributed by atoms with Gasteiger partial charge in [0.2, 0.25) is 5.91 Å². The zero-order chi connectivity index (χ0) is 11.9. The fourth-order valence-corrected chi connectivity index (χ4v) is 4.03. The van der Waals surface area contributed by atoms with Gasteiger partial charge in [-0.3, -0.25) is 4.79 Å². The second-order valence-electron chi connectivity index (χ2n) is 5.15. The number of hydrogen-bond acceptors (Lipinski definition) is 1. The van der Waals surface area contributed by atoms with E-state index < -0.39 is 0 Å². The van der Waals surface area contributed by atoms with Crippen molar-refractivity contribution >= 4 is 21.8 Å². The number of rotatable bonds is 1. The smallest absolute Gasteiger partial charge is 0.226 e. The van der Waals surface area contributed by atoms with Gasteiger partial charge >= 0.3 is 0 Å². The summed E-state index contributed by atoms with van der Waals surface area (Å²) < 4.78 is 1.13. The number of halogens is 1. The van der Waals surface area contributed by atoms with Crippen molar-refractivity contribution in [3.63, 3.8) is 0 Å². The van der Waals surface area contributed by atoms with Crippen molar-refractivity contribution in [2.45, 2.75) is 31.6 Å². The Morgan fingerprint density at radius 1 is 1.24 bits per heavy atom. The van der Waals surface area contributed by atoms with E-state index in [-0.39, 0.29) is 11.3 Å². The Morgan fingerprint density at radius 3 is 2.65 bits per heavy atom. The van der Waals surface area contributed by atoms with Crippen molar-refractivity contribution in [3.05, 3.63) is 34.3 Å². The molecule has 90 valence electrons. The van der Waals surface area contributed by atoms with Crippen molar-refractivity contribution in [1.82, 2.24) is 5.32 Å². The van der Waals surface area contributed by atoms with Crippen molar-refractivity contribution in [2.24, 2.45) is 5.41 Å². The summed E-state index contributed by atoms with van der Waals surface area (Å²) >= 11 is 3.62. The first-order valence-corrected chi connectivity index (χ1v) is 7.06. The molecule has 2 nitrogen and oxygen atoms in total. The largest absolute Gasteiger partial charge is 0.355 e. The van der Waals surface area contributed by atoms with Crippen molar-refractivity contribution in [3.8, 4) is 0 Å². The van der Waals surface area contributed by atoms with E-state index in [1.54, 1.807) is 0 Å². The molecule has 1 aliphatic heterocycles. The molecule has 17 heavy (non-hydrogen) atoms. The van der Waals surface area contributed by atoms with Gasteiger partial charge in [-0.15, -0.1) is 0 Å². The van der Waals surface area contributed by atoms with Crippen LogP contribution < -0.4 is 5.32 Å². The Morgan fingerprint density at radius 2 is 1.94 bits per heavy atom. The van der Waals surface area contributed by atoms with Gasteiger partial charge in [-0.05, 0) is 24.5 Å². The van der Waals surface area contributed by atoms with E-state index in [4.69, 9.17) is 0 Å². The van der Waals surface area contributed by atoms with Gasteiger partial charge in [0.1, 0.15) is 0 Å². The SMILES string of the molecule is O=C1NCC(c2ccccc2Br)C12CCCC2. The van der Waals surface area contributed by atoms with Crippen LogP contribution in [0.15, 0.2) is 28.7 Å². The monoisotopic (exact) mass is 293 g/mol. The van der Waals surface area contributed by atoms with E-state index in [1.165, 1.54) is 18.4 Å². The van der Waals surface area contributed by atoms with E-state index >= 15 is 0 Å². The van der Waals surface area contributed by atoms with Crippen LogP contribution in [0.25, 0.3) is 0 Å². The fraction of sp³-hybridized carbons (Fsp3) is 0.500. The summed E-state index contributed by atoms with van der Waals surface area (Å²) in [7, 11) is 0. The highest BCUT2D eigenvalue weighted by atomic mass is 79.9. The molecule has 1 unspecified atom stereocenters. The predicted octanol–water partition coefficient (Wildman–Crippen LogP) is 3.22. The highest BCUT2D eigenvalue weighted by Gasteiger charge is 2.52. The highest BCUT2D eigenvalue weighted by molar-refractivity contribution is 9.10. The lowest BCUT2D eigenvalue weighted by Gasteiger charge is -2.28. The average molecular weight is 294 g/mol. The molecule has 2 aliphatic rings. The molecule has 0 aromatic heterocycles. The van der Waals surface area contributed by atoms with E-state index in [0.29, 0.717) is 5.92 Å². The van der Waals surface area contributed by atoms with Crippen LogP contribution in [0.2, 0.25) is 0 Å². The standard InChI is InChI=1S/C14H16BrNO/c15-12-6-2-1-5-10(12)11-9-16-13(17)14(11)7-3-4-8-14/h1-2,5-6,11H,3-4,7-9H2,(H,16,17). The molecule has 3 rings (SSSR count). The minimum atomic E-state index is -0.121. The van der Waals surface area contributed by atoms with Gasteiger partial charge in [-0.1, -0.05) is 47.0 Å². The average Bonchev–Trinajstić information content (AvgIpc) is 2.92. The Labute approximate surface area is 110 Å². The molecule has 1 aromatic rings. The molecule has 1 aromatic carbocycles. The maximum absolute atomic E-state index is 12.2. The lowest BCUT2D eigenvalue weighted by atomic mass is 9.73. The molecule has 1 saturated carbocycles. The number of carbonyl (C=O) groups excluding carboxylic acids is 1. The second kappa shape index (κ2) is 4.13. The van der Waals surface area contributed by atoms with Crippen LogP contribution >= 0.6 is 15.9 Å². The lowest BCUT2D eigenvalue weighted by molar-refractivity contribution is -0.127. The first kappa shape index (κ1) is 11.3. The minimum absolute atomic E-state index is 0.121. The molecule has 1 amide bonds. The number of benzene rings is 1. The van der Waals surface area contributed by atoms with Gasteiger partial charge < -0.3 is 5.32 Å². The zero-order valence-electron chi connectivity index (χ0n) is 9.71. The van der Waals surface area contributed by atoms with Gasteiger partial charge in [0, 0.05) is 16.9 Å². The van der Waals surface area contributed by atoms with Crippen LogP contribution in [-0.4, -0.2) is 12.5 Å². The first-order chi connectivity index (χ1) is 8.24. The van der Waals surface area contributed by atoms with E-state index in [1.807, 2.05) is 6.07 Å². The summed E-state index contributed by atoms with van der Waals surface area (Å²) in [6, 6.07) is 8.31. The maximum atomic E-state index is 12.2. The van der Waals surface area contributed by atoms with Crippen molar-refractivity contribution in [2.75, 3.05) is 6.54 Å². The van der Waals surface area contributed by atoms with Crippen molar-refractivity contribution in [1.29, 1.82) is 0 Å². The Hall–Kier alpha value is -0.830. The quantitative estimate of drug-likeness (QED) is 0.846. The van der Waals surface area contributed by atoms with E-state index in [2.05, 4.69) is 39.4 Å². The normalized spacial score (nSPS) is 26.4. The first-order valence-electron chi connectivity index (χ1n) is 6.27. The van der Waals surface area contributed by atoms with Crippen LogP contribution in [0, 0.1) is 5.41 Å². The zero-order valence-corrected chi connectivity index (χ0v) is 11.3. The summed E-state index contributed by atoms with van der Waals surface area (Å²) in [5.41, 5.74) is 1.16. The van der Waals surface area contributed by atoms with Crippen LogP contribution in [0.1, 0.15) is 37.2 Å². The van der Waals surface area contributed by atoms with E-state index in [0.717, 1.165) is 23.9 Å². The Kier molecular flexibility index (Phi) is 2.74. The second-order valence-corrected chi connectivity index (χ2v) is 6.00. The van der Waals surface area contributed by atoms with Gasteiger partial charge in [-0.25, -0.2) is 0 Å².